The van der Waals surface area contributed by atoms with Crippen LogP contribution >= 0.6 is 0 Å². The molecule has 0 saturated carbocycles. The molecule has 2 heterocycles. The average Bonchev–Trinajstić information content (AvgIpc) is 2.99. The summed E-state index contributed by atoms with van der Waals surface area (Å²) in [5.41, 5.74) is 0.865. The summed E-state index contributed by atoms with van der Waals surface area (Å²) in [7, 11) is 0. The normalized spacial score (nSPS) is 17.8. The van der Waals surface area contributed by atoms with Gasteiger partial charge in [0.1, 0.15) is 0 Å². The third kappa shape index (κ3) is 5.05. The Morgan fingerprint density at radius 3 is 2.20 bits per heavy atom. The minimum atomic E-state index is -0.285. The van der Waals surface area contributed by atoms with E-state index in [0.717, 1.165) is 6.42 Å². The van der Waals surface area contributed by atoms with Crippen molar-refractivity contribution >= 4 is 23.6 Å². The van der Waals surface area contributed by atoms with Crippen LogP contribution in [0, 0.1) is 0 Å². The number of nitrogens with zero attached hydrogens (tertiary/aromatic N) is 3. The number of nitrogens with one attached hydrogen (secondary N) is 1. The molecule has 2 aliphatic heterocycles. The zero-order valence-electron chi connectivity index (χ0n) is 17.7. The molecule has 1 aromatic rings. The second kappa shape index (κ2) is 9.84. The Morgan fingerprint density at radius 2 is 1.63 bits per heavy atom. The Hall–Kier alpha value is -2.74. The molecule has 1 fully saturated rings. The van der Waals surface area contributed by atoms with Crippen LogP contribution in [0.2, 0.25) is 0 Å². The molecule has 1 saturated heterocycles. The Morgan fingerprint density at radius 1 is 1.03 bits per heavy atom. The molecule has 2 aliphatic rings. The number of hydrogen-bond acceptors (Lipinski definition) is 5. The fourth-order valence-corrected chi connectivity index (χ4v) is 3.77. The van der Waals surface area contributed by atoms with Crippen LogP contribution in [0.15, 0.2) is 24.3 Å². The maximum atomic E-state index is 12.5. The Labute approximate surface area is 177 Å². The van der Waals surface area contributed by atoms with Crippen molar-refractivity contribution in [2.45, 2.75) is 39.2 Å². The van der Waals surface area contributed by atoms with E-state index < -0.39 is 0 Å². The molecule has 1 N–H and O–H groups in total. The number of benzene rings is 1. The Balaban J connectivity index is 1.38. The first-order valence-electron chi connectivity index (χ1n) is 10.7. The number of carbonyl (C=O) groups is 4. The van der Waals surface area contributed by atoms with Gasteiger partial charge in [0.15, 0.2) is 0 Å². The zero-order chi connectivity index (χ0) is 21.7. The predicted octanol–water partition coefficient (Wildman–Crippen LogP) is 1.12. The van der Waals surface area contributed by atoms with E-state index in [0.29, 0.717) is 56.7 Å². The van der Waals surface area contributed by atoms with Crippen LogP contribution < -0.4 is 5.32 Å². The van der Waals surface area contributed by atoms with Gasteiger partial charge in [0.25, 0.3) is 11.8 Å². The van der Waals surface area contributed by atoms with Crippen LogP contribution in [0.4, 0.5) is 0 Å². The molecule has 0 aliphatic carbocycles. The van der Waals surface area contributed by atoms with E-state index in [1.54, 1.807) is 29.2 Å². The summed E-state index contributed by atoms with van der Waals surface area (Å²) in [5, 5.41) is 2.96. The first kappa shape index (κ1) is 22.0. The summed E-state index contributed by atoms with van der Waals surface area (Å²) in [4.78, 5) is 54.3. The van der Waals surface area contributed by atoms with Crippen molar-refractivity contribution in [2.75, 3.05) is 39.3 Å². The third-order valence-corrected chi connectivity index (χ3v) is 5.76. The quantitative estimate of drug-likeness (QED) is 0.644. The number of imide groups is 1. The van der Waals surface area contributed by atoms with Crippen molar-refractivity contribution < 1.29 is 19.2 Å². The van der Waals surface area contributed by atoms with E-state index >= 15 is 0 Å². The lowest BCUT2D eigenvalue weighted by atomic mass is 10.1. The minimum absolute atomic E-state index is 0.0186. The number of fused-ring (bicyclic) bond motifs is 1. The molecule has 8 nitrogen and oxygen atoms in total. The summed E-state index contributed by atoms with van der Waals surface area (Å²) in [6.07, 6.45) is 1.64. The van der Waals surface area contributed by atoms with E-state index in [-0.39, 0.29) is 36.2 Å². The third-order valence-electron chi connectivity index (χ3n) is 5.76. The van der Waals surface area contributed by atoms with Crippen LogP contribution in [0.1, 0.15) is 53.8 Å². The van der Waals surface area contributed by atoms with Gasteiger partial charge in [-0.2, -0.15) is 0 Å². The molecule has 1 aromatic carbocycles. The van der Waals surface area contributed by atoms with Gasteiger partial charge in [0.05, 0.1) is 17.7 Å². The molecule has 4 amide bonds. The predicted molar refractivity (Wildman–Crippen MR) is 112 cm³/mol. The van der Waals surface area contributed by atoms with Crippen molar-refractivity contribution in [1.29, 1.82) is 0 Å². The highest BCUT2D eigenvalue weighted by molar-refractivity contribution is 6.21. The number of amides is 4. The number of carbonyl (C=O) groups excluding carboxylic acids is 4. The molecular weight excluding hydrogens is 384 g/mol. The van der Waals surface area contributed by atoms with Crippen molar-refractivity contribution in [1.82, 2.24) is 20.0 Å². The molecule has 3 rings (SSSR count). The SMILES string of the molecule is CCC(C)NC(=O)CN1CCN(C(=O)CCCN2C(=O)c3ccccc3C2=O)CC1. The van der Waals surface area contributed by atoms with Crippen LogP contribution in [0.3, 0.4) is 0 Å². The molecule has 0 bridgehead atoms. The molecule has 0 radical (unpaired) electrons. The van der Waals surface area contributed by atoms with Crippen LogP contribution in [0.5, 0.6) is 0 Å². The lowest BCUT2D eigenvalue weighted by Crippen LogP contribution is -2.51. The first-order chi connectivity index (χ1) is 14.4. The standard InChI is InChI=1S/C22H30N4O4/c1-3-16(2)23-19(27)15-24-11-13-25(14-12-24)20(28)9-6-10-26-21(29)17-7-4-5-8-18(17)22(26)30/h4-5,7-8,16H,3,6,9-15H2,1-2H3,(H,23,27). The number of hydrogen-bond donors (Lipinski definition) is 1. The summed E-state index contributed by atoms with van der Waals surface area (Å²) < 4.78 is 0. The fourth-order valence-electron chi connectivity index (χ4n) is 3.77. The van der Waals surface area contributed by atoms with E-state index in [4.69, 9.17) is 0 Å². The molecular formula is C22H30N4O4. The van der Waals surface area contributed by atoms with Crippen LogP contribution in [-0.4, -0.2) is 83.6 Å². The van der Waals surface area contributed by atoms with Crippen LogP contribution in [-0.2, 0) is 9.59 Å². The minimum Gasteiger partial charge on any atom is -0.353 e. The number of piperazine rings is 1. The smallest absolute Gasteiger partial charge is 0.261 e. The van der Waals surface area contributed by atoms with Crippen molar-refractivity contribution in [3.8, 4) is 0 Å². The highest BCUT2D eigenvalue weighted by Crippen LogP contribution is 2.22. The monoisotopic (exact) mass is 414 g/mol. The van der Waals surface area contributed by atoms with Crippen molar-refractivity contribution in [3.05, 3.63) is 35.4 Å². The van der Waals surface area contributed by atoms with Gasteiger partial charge >= 0.3 is 0 Å². The highest BCUT2D eigenvalue weighted by atomic mass is 16.2. The van der Waals surface area contributed by atoms with Gasteiger partial charge in [-0.3, -0.25) is 29.0 Å². The van der Waals surface area contributed by atoms with E-state index in [1.165, 1.54) is 4.90 Å². The largest absolute Gasteiger partial charge is 0.353 e. The molecule has 30 heavy (non-hydrogen) atoms. The van der Waals surface area contributed by atoms with Gasteiger partial charge < -0.3 is 10.2 Å². The van der Waals surface area contributed by atoms with E-state index in [9.17, 15) is 19.2 Å². The van der Waals surface area contributed by atoms with Gasteiger partial charge in [-0.1, -0.05) is 19.1 Å². The number of rotatable bonds is 8. The Bertz CT molecular complexity index is 782. The molecule has 1 atom stereocenters. The highest BCUT2D eigenvalue weighted by Gasteiger charge is 2.34. The maximum Gasteiger partial charge on any atom is 0.261 e. The summed E-state index contributed by atoms with van der Waals surface area (Å²) >= 11 is 0. The fraction of sp³-hybridized carbons (Fsp3) is 0.545. The lowest BCUT2D eigenvalue weighted by molar-refractivity contribution is -0.133. The average molecular weight is 415 g/mol. The van der Waals surface area contributed by atoms with Gasteiger partial charge in [-0.25, -0.2) is 0 Å². The van der Waals surface area contributed by atoms with Gasteiger partial charge in [0.2, 0.25) is 11.8 Å². The summed E-state index contributed by atoms with van der Waals surface area (Å²) in [5.74, 6) is -0.528. The first-order valence-corrected chi connectivity index (χ1v) is 10.7. The second-order valence-corrected chi connectivity index (χ2v) is 7.94. The lowest BCUT2D eigenvalue weighted by Gasteiger charge is -2.34. The van der Waals surface area contributed by atoms with Gasteiger partial charge in [-0.15, -0.1) is 0 Å². The molecule has 162 valence electrons. The van der Waals surface area contributed by atoms with Crippen LogP contribution in [0.25, 0.3) is 0 Å². The van der Waals surface area contributed by atoms with Crippen molar-refractivity contribution in [3.63, 3.8) is 0 Å². The summed E-state index contributed by atoms with van der Waals surface area (Å²) in [6, 6.07) is 6.96. The van der Waals surface area contributed by atoms with Gasteiger partial charge in [-0.05, 0) is 31.9 Å². The summed E-state index contributed by atoms with van der Waals surface area (Å²) in [6.45, 7) is 7.11. The Kier molecular flexibility index (Phi) is 7.20. The molecule has 0 aromatic heterocycles. The molecule has 0 spiro atoms. The molecule has 8 heteroatoms. The molecule has 1 unspecified atom stereocenters. The maximum absolute atomic E-state index is 12.5. The van der Waals surface area contributed by atoms with Gasteiger partial charge in [0, 0.05) is 45.2 Å². The second-order valence-electron chi connectivity index (χ2n) is 7.94. The van der Waals surface area contributed by atoms with E-state index in [2.05, 4.69) is 10.2 Å². The van der Waals surface area contributed by atoms with Crippen molar-refractivity contribution in [2.24, 2.45) is 0 Å². The van der Waals surface area contributed by atoms with E-state index in [1.807, 2.05) is 13.8 Å². The zero-order valence-corrected chi connectivity index (χ0v) is 17.7. The topological polar surface area (TPSA) is 90.0 Å².